The highest BCUT2D eigenvalue weighted by Gasteiger charge is 2.08. The Hall–Kier alpha value is -2.09. The van der Waals surface area contributed by atoms with Crippen LogP contribution in [0.1, 0.15) is 6.42 Å². The molecule has 0 saturated carbocycles. The molecule has 0 aliphatic heterocycles. The maximum atomic E-state index is 11.4. The van der Waals surface area contributed by atoms with Gasteiger partial charge in [0.05, 0.1) is 19.6 Å². The molecule has 8 heteroatoms. The van der Waals surface area contributed by atoms with Gasteiger partial charge in [0.1, 0.15) is 5.75 Å². The third-order valence-corrected chi connectivity index (χ3v) is 2.69. The number of halogens is 1. The molecular formula is C13H15BrN2O5. The Labute approximate surface area is 129 Å². The average Bonchev–Trinajstić information content (AvgIpc) is 2.43. The predicted octanol–water partition coefficient (Wildman–Crippen LogP) is 0.363. The molecule has 0 aliphatic rings. The SMILES string of the molecule is NC(=O)CNC(=O)COC(=O)CCOc1cccc(Br)c1. The number of hydrogen-bond donors (Lipinski definition) is 2. The highest BCUT2D eigenvalue weighted by atomic mass is 79.9. The summed E-state index contributed by atoms with van der Waals surface area (Å²) >= 11 is 3.30. The summed E-state index contributed by atoms with van der Waals surface area (Å²) in [5, 5.41) is 2.20. The van der Waals surface area contributed by atoms with Crippen molar-refractivity contribution in [2.45, 2.75) is 6.42 Å². The quantitative estimate of drug-likeness (QED) is 0.652. The number of nitrogens with two attached hydrogens (primary N) is 1. The molecule has 7 nitrogen and oxygen atoms in total. The van der Waals surface area contributed by atoms with Crippen molar-refractivity contribution in [1.29, 1.82) is 0 Å². The van der Waals surface area contributed by atoms with Crippen molar-refractivity contribution < 1.29 is 23.9 Å². The largest absolute Gasteiger partial charge is 0.493 e. The third-order valence-electron chi connectivity index (χ3n) is 2.20. The zero-order valence-corrected chi connectivity index (χ0v) is 12.7. The summed E-state index contributed by atoms with van der Waals surface area (Å²) in [6.07, 6.45) is 0.00954. The van der Waals surface area contributed by atoms with Crippen molar-refractivity contribution in [3.05, 3.63) is 28.7 Å². The molecule has 1 rings (SSSR count). The van der Waals surface area contributed by atoms with Crippen LogP contribution in [-0.4, -0.2) is 37.5 Å². The van der Waals surface area contributed by atoms with Crippen LogP contribution in [0.3, 0.4) is 0 Å². The fourth-order valence-corrected chi connectivity index (χ4v) is 1.64. The van der Waals surface area contributed by atoms with Gasteiger partial charge in [0.2, 0.25) is 5.91 Å². The number of hydrogen-bond acceptors (Lipinski definition) is 5. The number of amides is 2. The van der Waals surface area contributed by atoms with Crippen molar-refractivity contribution in [3.63, 3.8) is 0 Å². The van der Waals surface area contributed by atoms with E-state index in [9.17, 15) is 14.4 Å². The normalized spacial score (nSPS) is 9.76. The third kappa shape index (κ3) is 7.93. The summed E-state index contributed by atoms with van der Waals surface area (Å²) in [6, 6.07) is 7.18. The van der Waals surface area contributed by atoms with Gasteiger partial charge in [-0.2, -0.15) is 0 Å². The molecule has 0 aliphatic carbocycles. The monoisotopic (exact) mass is 358 g/mol. The molecule has 0 atom stereocenters. The van der Waals surface area contributed by atoms with Crippen molar-refractivity contribution in [3.8, 4) is 5.75 Å². The highest BCUT2D eigenvalue weighted by Crippen LogP contribution is 2.17. The molecule has 0 fully saturated rings. The number of benzene rings is 1. The molecule has 0 spiro atoms. The molecule has 0 unspecified atom stereocenters. The second kappa shape index (κ2) is 8.96. The van der Waals surface area contributed by atoms with E-state index in [4.69, 9.17) is 15.2 Å². The first-order valence-electron chi connectivity index (χ1n) is 6.06. The van der Waals surface area contributed by atoms with Crippen molar-refractivity contribution in [1.82, 2.24) is 5.32 Å². The molecule has 0 radical (unpaired) electrons. The van der Waals surface area contributed by atoms with E-state index in [1.165, 1.54) is 0 Å². The Morgan fingerprint density at radius 1 is 1.29 bits per heavy atom. The minimum absolute atomic E-state index is 0.00954. The van der Waals surface area contributed by atoms with Crippen molar-refractivity contribution in [2.24, 2.45) is 5.73 Å². The number of nitrogens with one attached hydrogen (secondary N) is 1. The average molecular weight is 359 g/mol. The molecule has 0 heterocycles. The Balaban J connectivity index is 2.16. The van der Waals surface area contributed by atoms with E-state index < -0.39 is 24.4 Å². The molecular weight excluding hydrogens is 344 g/mol. The number of ether oxygens (including phenoxy) is 2. The van der Waals surface area contributed by atoms with Gasteiger partial charge in [-0.1, -0.05) is 22.0 Å². The van der Waals surface area contributed by atoms with Crippen LogP contribution in [0.5, 0.6) is 5.75 Å². The Morgan fingerprint density at radius 2 is 2.05 bits per heavy atom. The molecule has 0 bridgehead atoms. The van der Waals surface area contributed by atoms with Gasteiger partial charge in [-0.25, -0.2) is 0 Å². The van der Waals surface area contributed by atoms with E-state index in [0.29, 0.717) is 5.75 Å². The Kier molecular flexibility index (Phi) is 7.24. The van der Waals surface area contributed by atoms with Crippen LogP contribution >= 0.6 is 15.9 Å². The highest BCUT2D eigenvalue weighted by molar-refractivity contribution is 9.10. The summed E-state index contributed by atoms with van der Waals surface area (Å²) in [6.45, 7) is -0.608. The summed E-state index contributed by atoms with van der Waals surface area (Å²) < 4.78 is 10.9. The molecule has 3 N–H and O–H groups in total. The van der Waals surface area contributed by atoms with Crippen LogP contribution < -0.4 is 15.8 Å². The number of primary amides is 1. The number of carbonyl (C=O) groups is 3. The fourth-order valence-electron chi connectivity index (χ4n) is 1.26. The van der Waals surface area contributed by atoms with E-state index in [2.05, 4.69) is 21.2 Å². The van der Waals surface area contributed by atoms with Gasteiger partial charge in [0.25, 0.3) is 5.91 Å². The lowest BCUT2D eigenvalue weighted by molar-refractivity contribution is -0.149. The number of esters is 1. The molecule has 1 aromatic rings. The van der Waals surface area contributed by atoms with Crippen LogP contribution in [0.15, 0.2) is 28.7 Å². The van der Waals surface area contributed by atoms with E-state index in [1.54, 1.807) is 18.2 Å². The Morgan fingerprint density at radius 3 is 2.71 bits per heavy atom. The smallest absolute Gasteiger partial charge is 0.309 e. The second-order valence-corrected chi connectivity index (χ2v) is 4.88. The van der Waals surface area contributed by atoms with Crippen LogP contribution in [0.25, 0.3) is 0 Å². The van der Waals surface area contributed by atoms with Gasteiger partial charge in [-0.05, 0) is 18.2 Å². The van der Waals surface area contributed by atoms with E-state index in [0.717, 1.165) is 4.47 Å². The van der Waals surface area contributed by atoms with Gasteiger partial charge in [-0.3, -0.25) is 14.4 Å². The minimum Gasteiger partial charge on any atom is -0.493 e. The molecule has 114 valence electrons. The van der Waals surface area contributed by atoms with E-state index in [-0.39, 0.29) is 19.6 Å². The van der Waals surface area contributed by atoms with Gasteiger partial charge >= 0.3 is 5.97 Å². The van der Waals surface area contributed by atoms with Gasteiger partial charge < -0.3 is 20.5 Å². The van der Waals surface area contributed by atoms with Crippen LogP contribution in [0.4, 0.5) is 0 Å². The summed E-state index contributed by atoms with van der Waals surface area (Å²) in [7, 11) is 0. The first-order chi connectivity index (χ1) is 9.97. The minimum atomic E-state index is -0.669. The molecule has 0 aromatic heterocycles. The van der Waals surface area contributed by atoms with E-state index >= 15 is 0 Å². The molecule has 2 amide bonds. The topological polar surface area (TPSA) is 108 Å². The zero-order chi connectivity index (χ0) is 15.7. The number of rotatable bonds is 8. The molecule has 21 heavy (non-hydrogen) atoms. The first kappa shape index (κ1) is 17.0. The van der Waals surface area contributed by atoms with Crippen LogP contribution in [0, 0.1) is 0 Å². The maximum Gasteiger partial charge on any atom is 0.309 e. The van der Waals surface area contributed by atoms with E-state index in [1.807, 2.05) is 6.07 Å². The lowest BCUT2D eigenvalue weighted by Gasteiger charge is -2.07. The predicted molar refractivity (Wildman–Crippen MR) is 77.4 cm³/mol. The fraction of sp³-hybridized carbons (Fsp3) is 0.308. The summed E-state index contributed by atoms with van der Waals surface area (Å²) in [4.78, 5) is 32.9. The molecule has 1 aromatic carbocycles. The zero-order valence-electron chi connectivity index (χ0n) is 11.1. The lowest BCUT2D eigenvalue weighted by atomic mass is 10.3. The van der Waals surface area contributed by atoms with Crippen LogP contribution in [0.2, 0.25) is 0 Å². The summed E-state index contributed by atoms with van der Waals surface area (Å²) in [5.41, 5.74) is 4.85. The van der Waals surface area contributed by atoms with Crippen molar-refractivity contribution >= 4 is 33.7 Å². The molecule has 0 saturated heterocycles. The lowest BCUT2D eigenvalue weighted by Crippen LogP contribution is -2.36. The van der Waals surface area contributed by atoms with Crippen LogP contribution in [-0.2, 0) is 19.1 Å². The van der Waals surface area contributed by atoms with Gasteiger partial charge in [0, 0.05) is 4.47 Å². The number of carbonyl (C=O) groups excluding carboxylic acids is 3. The first-order valence-corrected chi connectivity index (χ1v) is 6.85. The second-order valence-electron chi connectivity index (χ2n) is 3.96. The standard InChI is InChI=1S/C13H15BrN2O5/c14-9-2-1-3-10(6-9)20-5-4-13(19)21-8-12(18)16-7-11(15)17/h1-3,6H,4-5,7-8H2,(H2,15,17)(H,16,18). The Bertz CT molecular complexity index is 521. The summed E-state index contributed by atoms with van der Waals surface area (Å²) in [5.74, 6) is -1.21. The van der Waals surface area contributed by atoms with Gasteiger partial charge in [-0.15, -0.1) is 0 Å². The van der Waals surface area contributed by atoms with Gasteiger partial charge in [0.15, 0.2) is 6.61 Å². The maximum absolute atomic E-state index is 11.4. The van der Waals surface area contributed by atoms with Crippen molar-refractivity contribution in [2.75, 3.05) is 19.8 Å².